The van der Waals surface area contributed by atoms with E-state index in [9.17, 15) is 36.3 Å². The Labute approximate surface area is 357 Å². The molecule has 14 nitrogen and oxygen atoms in total. The SMILES string of the molecule is CCN=C(C)c1c(C(F)(F)F)sc2nc(Cn3nc(C(F)(F)CCCOc4cc(C(C)(F)F)nn4Cc4cc(=O)n5c(C(=O)NCC)c(C)sc5n4)cc3CC(C)C)cc(=O)n12. The number of aryl methyl sites for hydroxylation is 1. The van der Waals surface area contributed by atoms with Crippen molar-refractivity contribution in [2.45, 2.75) is 98.8 Å². The van der Waals surface area contributed by atoms with Gasteiger partial charge >= 0.3 is 6.18 Å². The van der Waals surface area contributed by atoms with Crippen LogP contribution in [0.3, 0.4) is 0 Å². The Morgan fingerprint density at radius 1 is 0.871 bits per heavy atom. The van der Waals surface area contributed by atoms with Crippen LogP contribution in [0.1, 0.15) is 109 Å². The van der Waals surface area contributed by atoms with Crippen molar-refractivity contribution in [3.8, 4) is 5.88 Å². The molecular weight excluding hydrogens is 870 g/mol. The number of nitrogens with zero attached hydrogens (tertiary/aromatic N) is 9. The average molecular weight is 913 g/mol. The van der Waals surface area contributed by atoms with Crippen molar-refractivity contribution in [2.24, 2.45) is 10.9 Å². The van der Waals surface area contributed by atoms with Gasteiger partial charge in [-0.05, 0) is 52.5 Å². The lowest BCUT2D eigenvalue weighted by Gasteiger charge is -2.14. The molecule has 23 heteroatoms. The van der Waals surface area contributed by atoms with Crippen LogP contribution in [0.25, 0.3) is 9.92 Å². The van der Waals surface area contributed by atoms with Gasteiger partial charge in [0.2, 0.25) is 5.88 Å². The van der Waals surface area contributed by atoms with Crippen LogP contribution >= 0.6 is 22.7 Å². The highest BCUT2D eigenvalue weighted by Crippen LogP contribution is 2.38. The van der Waals surface area contributed by atoms with Gasteiger partial charge in [-0.2, -0.15) is 40.9 Å². The normalized spacial score (nSPS) is 13.0. The van der Waals surface area contributed by atoms with E-state index >= 15 is 8.78 Å². The molecule has 6 heterocycles. The van der Waals surface area contributed by atoms with Gasteiger partial charge in [0.25, 0.3) is 28.9 Å². The predicted molar refractivity (Wildman–Crippen MR) is 219 cm³/mol. The van der Waals surface area contributed by atoms with Crippen LogP contribution in [0.4, 0.5) is 30.7 Å². The highest BCUT2D eigenvalue weighted by atomic mass is 32.1. The standard InChI is InChI=1S/C39H43F7N10O4S2/c1-8-47-21(5)31-33(39(44,45)46)62-36-50-23(14-28(57)55(31)36)18-53-25(13-20(3)4)16-27(52-53)38(42,43)11-10-12-60-30-17-26(37(7,40)41)51-54(30)19-24-15-29(58)56-32(34(59)48-9-2)22(6)61-35(56)49-24/h14-17,20H,8-13,18-19H2,1-7H3,(H,48,59). The van der Waals surface area contributed by atoms with E-state index in [0.29, 0.717) is 30.5 Å². The Bertz CT molecular complexity index is 2770. The Kier molecular flexibility index (Phi) is 13.2. The van der Waals surface area contributed by atoms with Gasteiger partial charge in [0.05, 0.1) is 42.5 Å². The fourth-order valence-electron chi connectivity index (χ4n) is 6.75. The molecule has 0 radical (unpaired) electrons. The number of thiazole rings is 2. The van der Waals surface area contributed by atoms with Crippen LogP contribution < -0.4 is 21.2 Å². The van der Waals surface area contributed by atoms with E-state index in [2.05, 4.69) is 30.5 Å². The molecule has 0 aliphatic carbocycles. The number of hydrogen-bond acceptors (Lipinski definition) is 11. The van der Waals surface area contributed by atoms with Crippen LogP contribution in [0.2, 0.25) is 0 Å². The molecule has 0 bridgehead atoms. The molecule has 1 N–H and O–H groups in total. The summed E-state index contributed by atoms with van der Waals surface area (Å²) in [7, 11) is 0. The second-order valence-electron chi connectivity index (χ2n) is 15.0. The largest absolute Gasteiger partial charge is 0.478 e. The van der Waals surface area contributed by atoms with Crippen molar-refractivity contribution in [2.75, 3.05) is 19.7 Å². The molecule has 0 saturated carbocycles. The number of fused-ring (bicyclic) bond motifs is 2. The van der Waals surface area contributed by atoms with E-state index in [-0.39, 0.29) is 88.5 Å². The van der Waals surface area contributed by atoms with Crippen LogP contribution in [-0.2, 0) is 37.5 Å². The van der Waals surface area contributed by atoms with Gasteiger partial charge in [0.1, 0.15) is 22.0 Å². The third kappa shape index (κ3) is 9.77. The molecule has 6 aromatic heterocycles. The lowest BCUT2D eigenvalue weighted by Crippen LogP contribution is -2.28. The summed E-state index contributed by atoms with van der Waals surface area (Å²) in [6, 6.07) is 4.39. The third-order valence-corrected chi connectivity index (χ3v) is 11.5. The molecule has 0 aliphatic heterocycles. The number of nitrogens with one attached hydrogen (secondary N) is 1. The molecule has 0 spiro atoms. The first-order valence-electron chi connectivity index (χ1n) is 19.5. The molecule has 0 atom stereocenters. The number of hydrogen-bond donors (Lipinski definition) is 1. The van der Waals surface area contributed by atoms with Crippen molar-refractivity contribution in [1.82, 2.24) is 43.6 Å². The summed E-state index contributed by atoms with van der Waals surface area (Å²) in [5.74, 6) is -7.58. The van der Waals surface area contributed by atoms with E-state index < -0.39 is 63.4 Å². The van der Waals surface area contributed by atoms with E-state index in [1.807, 2.05) is 13.8 Å². The highest BCUT2D eigenvalue weighted by Gasteiger charge is 2.39. The monoisotopic (exact) mass is 912 g/mol. The minimum atomic E-state index is -4.79. The molecule has 6 rings (SSSR count). The van der Waals surface area contributed by atoms with Gasteiger partial charge < -0.3 is 10.1 Å². The van der Waals surface area contributed by atoms with E-state index in [1.165, 1.54) is 17.7 Å². The van der Waals surface area contributed by atoms with E-state index in [4.69, 9.17) is 4.74 Å². The molecule has 334 valence electrons. The summed E-state index contributed by atoms with van der Waals surface area (Å²) >= 11 is 1.37. The molecular formula is C39H43F7N10O4S2. The Balaban J connectivity index is 1.20. The Hall–Kier alpha value is -5.45. The van der Waals surface area contributed by atoms with Crippen LogP contribution in [0.15, 0.2) is 38.8 Å². The van der Waals surface area contributed by atoms with Crippen molar-refractivity contribution in [3.05, 3.63) is 94.6 Å². The van der Waals surface area contributed by atoms with Crippen LogP contribution in [-0.4, -0.2) is 69.6 Å². The lowest BCUT2D eigenvalue weighted by molar-refractivity contribution is -0.134. The number of alkyl halides is 7. The molecule has 0 aliphatic rings. The topological polar surface area (TPSA) is 155 Å². The number of carbonyl (C=O) groups excluding carboxylic acids is 1. The zero-order valence-electron chi connectivity index (χ0n) is 34.7. The number of carbonyl (C=O) groups is 1. The van der Waals surface area contributed by atoms with Gasteiger partial charge in [-0.25, -0.2) is 23.5 Å². The fourth-order valence-corrected chi connectivity index (χ4v) is 8.81. The average Bonchev–Trinajstić information content (AvgIpc) is 3.93. The van der Waals surface area contributed by atoms with Gasteiger partial charge in [0.15, 0.2) is 9.92 Å². The van der Waals surface area contributed by atoms with Gasteiger partial charge in [-0.3, -0.25) is 24.1 Å². The number of rotatable bonds is 17. The maximum atomic E-state index is 15.8. The quantitative estimate of drug-likeness (QED) is 0.0562. The molecule has 0 aromatic carbocycles. The second-order valence-corrected chi connectivity index (χ2v) is 17.1. The van der Waals surface area contributed by atoms with Gasteiger partial charge in [0, 0.05) is 55.2 Å². The first-order valence-corrected chi connectivity index (χ1v) is 21.1. The number of amides is 1. The van der Waals surface area contributed by atoms with E-state index in [1.54, 1.807) is 20.8 Å². The van der Waals surface area contributed by atoms with Crippen molar-refractivity contribution in [1.29, 1.82) is 0 Å². The Morgan fingerprint density at radius 2 is 1.47 bits per heavy atom. The summed E-state index contributed by atoms with van der Waals surface area (Å²) in [5, 5.41) is 10.8. The van der Waals surface area contributed by atoms with Crippen LogP contribution in [0, 0.1) is 12.8 Å². The molecule has 6 aromatic rings. The number of aliphatic imine (C=N–C) groups is 1. The van der Waals surface area contributed by atoms with Crippen molar-refractivity contribution >= 4 is 44.2 Å². The smallest absolute Gasteiger partial charge is 0.427 e. The maximum absolute atomic E-state index is 15.8. The second kappa shape index (κ2) is 17.7. The highest BCUT2D eigenvalue weighted by molar-refractivity contribution is 7.17. The summed E-state index contributed by atoms with van der Waals surface area (Å²) in [5.41, 5.74) is -2.39. The number of ether oxygens (including phenoxy) is 1. The minimum Gasteiger partial charge on any atom is -0.478 e. The van der Waals surface area contributed by atoms with E-state index in [0.717, 1.165) is 43.0 Å². The van der Waals surface area contributed by atoms with Crippen LogP contribution in [0.5, 0.6) is 5.88 Å². The molecule has 0 unspecified atom stereocenters. The number of aromatic nitrogens is 8. The van der Waals surface area contributed by atoms with Crippen molar-refractivity contribution < 1.29 is 40.3 Å². The maximum Gasteiger partial charge on any atom is 0.427 e. The minimum absolute atomic E-state index is 0.0107. The molecule has 0 saturated heterocycles. The van der Waals surface area contributed by atoms with Gasteiger partial charge in [-0.1, -0.05) is 25.2 Å². The molecule has 0 fully saturated rings. The fraction of sp³-hybridized carbons (Fsp3) is 0.487. The summed E-state index contributed by atoms with van der Waals surface area (Å²) in [4.78, 5) is 51.3. The molecule has 62 heavy (non-hydrogen) atoms. The van der Waals surface area contributed by atoms with Crippen molar-refractivity contribution in [3.63, 3.8) is 0 Å². The number of halogens is 7. The Morgan fingerprint density at radius 3 is 2.05 bits per heavy atom. The third-order valence-electron chi connectivity index (χ3n) is 9.42. The summed E-state index contributed by atoms with van der Waals surface area (Å²) in [6.07, 6.45) is -5.55. The zero-order chi connectivity index (χ0) is 45.5. The summed E-state index contributed by atoms with van der Waals surface area (Å²) < 4.78 is 113. The van der Waals surface area contributed by atoms with Gasteiger partial charge in [-0.15, -0.1) is 11.3 Å². The zero-order valence-corrected chi connectivity index (χ0v) is 36.3. The predicted octanol–water partition coefficient (Wildman–Crippen LogP) is 7.48. The lowest BCUT2D eigenvalue weighted by atomic mass is 10.1. The first-order chi connectivity index (χ1) is 29.0. The first kappa shape index (κ1) is 46.1. The summed E-state index contributed by atoms with van der Waals surface area (Å²) in [6.45, 7) is 10.3. The molecule has 1 amide bonds.